The zero-order chi connectivity index (χ0) is 22.3. The van der Waals surface area contributed by atoms with Crippen molar-refractivity contribution in [3.63, 3.8) is 0 Å². The number of carbonyl (C=O) groups is 1. The summed E-state index contributed by atoms with van der Waals surface area (Å²) in [7, 11) is 0. The Balaban J connectivity index is 1.50. The molecule has 0 unspecified atom stereocenters. The third kappa shape index (κ3) is 5.28. The average molecular weight is 446 g/mol. The van der Waals surface area contributed by atoms with Crippen molar-refractivity contribution in [1.29, 1.82) is 0 Å². The Morgan fingerprint density at radius 1 is 1.06 bits per heavy atom. The molecule has 1 amide bonds. The van der Waals surface area contributed by atoms with Crippen molar-refractivity contribution < 1.29 is 9.18 Å². The van der Waals surface area contributed by atoms with Gasteiger partial charge in [0.05, 0.1) is 12.0 Å². The Bertz CT molecular complexity index is 1240. The fraction of sp³-hybridized carbons (Fsp3) is 0.0833. The summed E-state index contributed by atoms with van der Waals surface area (Å²) in [6.45, 7) is 2.03. The number of carbonyl (C=O) groups excluding carboxylic acids is 1. The van der Waals surface area contributed by atoms with Crippen molar-refractivity contribution in [3.8, 4) is 17.1 Å². The summed E-state index contributed by atoms with van der Waals surface area (Å²) in [4.78, 5) is 12.3. The number of hydrogen-bond donors (Lipinski definition) is 1. The van der Waals surface area contributed by atoms with E-state index < -0.39 is 0 Å². The van der Waals surface area contributed by atoms with Gasteiger partial charge in [-0.2, -0.15) is 5.10 Å². The number of thioether (sulfide) groups is 1. The van der Waals surface area contributed by atoms with E-state index in [4.69, 9.17) is 0 Å². The first kappa shape index (κ1) is 21.5. The minimum atomic E-state index is -0.361. The van der Waals surface area contributed by atoms with Gasteiger partial charge in [0, 0.05) is 11.3 Å². The molecule has 0 saturated carbocycles. The minimum Gasteiger partial charge on any atom is -0.272 e. The molecule has 1 N–H and O–H groups in total. The standard InChI is InChI=1S/C24H20FN5OS/c1-17-10-12-21(13-11-17)30-23(19-7-3-2-4-8-19)28-29-24(30)32-16-22(31)27-26-15-18-6-5-9-20(25)14-18/h2-15H,16H2,1H3,(H,27,31)/b26-15-. The summed E-state index contributed by atoms with van der Waals surface area (Å²) >= 11 is 1.26. The van der Waals surface area contributed by atoms with Crippen LogP contribution in [-0.2, 0) is 4.79 Å². The van der Waals surface area contributed by atoms with E-state index in [-0.39, 0.29) is 17.5 Å². The highest BCUT2D eigenvalue weighted by atomic mass is 32.2. The van der Waals surface area contributed by atoms with Gasteiger partial charge < -0.3 is 0 Å². The van der Waals surface area contributed by atoms with Gasteiger partial charge in [-0.3, -0.25) is 9.36 Å². The molecule has 0 saturated heterocycles. The number of nitrogens with zero attached hydrogens (tertiary/aromatic N) is 4. The maximum Gasteiger partial charge on any atom is 0.250 e. The van der Waals surface area contributed by atoms with E-state index >= 15 is 0 Å². The predicted octanol–water partition coefficient (Wildman–Crippen LogP) is 4.62. The number of hydrazone groups is 1. The van der Waals surface area contributed by atoms with Gasteiger partial charge in [0.2, 0.25) is 0 Å². The van der Waals surface area contributed by atoms with Crippen LogP contribution in [0.4, 0.5) is 4.39 Å². The first-order valence-corrected chi connectivity index (χ1v) is 10.9. The lowest BCUT2D eigenvalue weighted by atomic mass is 10.2. The lowest BCUT2D eigenvalue weighted by Gasteiger charge is -2.10. The molecule has 4 rings (SSSR count). The summed E-state index contributed by atoms with van der Waals surface area (Å²) in [6, 6.07) is 23.8. The van der Waals surface area contributed by atoms with Gasteiger partial charge in [0.15, 0.2) is 11.0 Å². The van der Waals surface area contributed by atoms with Crippen LogP contribution >= 0.6 is 11.8 Å². The number of rotatable bonds is 7. The zero-order valence-electron chi connectivity index (χ0n) is 17.3. The van der Waals surface area contributed by atoms with Crippen LogP contribution in [0.3, 0.4) is 0 Å². The Morgan fingerprint density at radius 2 is 1.84 bits per heavy atom. The molecule has 8 heteroatoms. The topological polar surface area (TPSA) is 72.2 Å². The number of hydrogen-bond acceptors (Lipinski definition) is 5. The highest BCUT2D eigenvalue weighted by Gasteiger charge is 2.17. The fourth-order valence-corrected chi connectivity index (χ4v) is 3.74. The van der Waals surface area contributed by atoms with E-state index in [1.165, 1.54) is 30.1 Å². The second-order valence-corrected chi connectivity index (χ2v) is 7.92. The summed E-state index contributed by atoms with van der Waals surface area (Å²) in [5, 5.41) is 13.2. The Kier molecular flexibility index (Phi) is 6.72. The second kappa shape index (κ2) is 10.0. The van der Waals surface area contributed by atoms with Crippen LogP contribution in [0, 0.1) is 12.7 Å². The van der Waals surface area contributed by atoms with Gasteiger partial charge in [-0.05, 0) is 36.8 Å². The number of nitrogens with one attached hydrogen (secondary N) is 1. The van der Waals surface area contributed by atoms with Gasteiger partial charge in [-0.1, -0.05) is 71.9 Å². The number of aryl methyl sites for hydroxylation is 1. The van der Waals surface area contributed by atoms with Crippen LogP contribution < -0.4 is 5.43 Å². The molecule has 32 heavy (non-hydrogen) atoms. The first-order valence-electron chi connectivity index (χ1n) is 9.88. The van der Waals surface area contributed by atoms with Crippen LogP contribution in [0.1, 0.15) is 11.1 Å². The lowest BCUT2D eigenvalue weighted by Crippen LogP contribution is -2.20. The molecule has 0 atom stereocenters. The van der Waals surface area contributed by atoms with Crippen molar-refractivity contribution in [3.05, 3.63) is 95.8 Å². The molecule has 0 aliphatic rings. The average Bonchev–Trinajstić information content (AvgIpc) is 3.23. The molecule has 0 bridgehead atoms. The molecule has 0 aliphatic carbocycles. The molecule has 160 valence electrons. The molecule has 1 aromatic heterocycles. The first-order chi connectivity index (χ1) is 15.6. The quantitative estimate of drug-likeness (QED) is 0.256. The SMILES string of the molecule is Cc1ccc(-n2c(SCC(=O)N/N=C\c3cccc(F)c3)nnc2-c2ccccc2)cc1. The smallest absolute Gasteiger partial charge is 0.250 e. The monoisotopic (exact) mass is 445 g/mol. The predicted molar refractivity (Wildman–Crippen MR) is 124 cm³/mol. The molecule has 1 heterocycles. The molecule has 0 aliphatic heterocycles. The summed E-state index contributed by atoms with van der Waals surface area (Å²) in [6.07, 6.45) is 1.40. The molecule has 0 fully saturated rings. The van der Waals surface area contributed by atoms with Gasteiger partial charge in [0.25, 0.3) is 5.91 Å². The summed E-state index contributed by atoms with van der Waals surface area (Å²) in [5.41, 5.74) is 6.00. The maximum absolute atomic E-state index is 13.2. The maximum atomic E-state index is 13.2. The highest BCUT2D eigenvalue weighted by Crippen LogP contribution is 2.28. The van der Waals surface area contributed by atoms with Crippen molar-refractivity contribution in [1.82, 2.24) is 20.2 Å². The molecular formula is C24H20FN5OS. The van der Waals surface area contributed by atoms with Gasteiger partial charge in [0.1, 0.15) is 5.82 Å². The summed E-state index contributed by atoms with van der Waals surface area (Å²) < 4.78 is 15.2. The number of halogens is 1. The van der Waals surface area contributed by atoms with Crippen LogP contribution in [0.15, 0.2) is 89.1 Å². The Labute approximate surface area is 189 Å². The molecule has 0 radical (unpaired) electrons. The third-order valence-electron chi connectivity index (χ3n) is 4.54. The van der Waals surface area contributed by atoms with Crippen LogP contribution in [0.25, 0.3) is 17.1 Å². The van der Waals surface area contributed by atoms with Crippen molar-refractivity contribution >= 4 is 23.9 Å². The molecule has 0 spiro atoms. The lowest BCUT2D eigenvalue weighted by molar-refractivity contribution is -0.118. The third-order valence-corrected chi connectivity index (χ3v) is 5.47. The molecule has 3 aromatic carbocycles. The van der Waals surface area contributed by atoms with E-state index in [2.05, 4.69) is 20.7 Å². The van der Waals surface area contributed by atoms with Crippen LogP contribution in [0.5, 0.6) is 0 Å². The fourth-order valence-electron chi connectivity index (χ4n) is 2.99. The Hall–Kier alpha value is -3.78. The largest absolute Gasteiger partial charge is 0.272 e. The molecular weight excluding hydrogens is 425 g/mol. The van der Waals surface area contributed by atoms with Crippen molar-refractivity contribution in [2.24, 2.45) is 5.10 Å². The number of amides is 1. The van der Waals surface area contributed by atoms with Gasteiger partial charge >= 0.3 is 0 Å². The molecule has 4 aromatic rings. The normalized spacial score (nSPS) is 11.1. The van der Waals surface area contributed by atoms with Gasteiger partial charge in [-0.15, -0.1) is 10.2 Å². The second-order valence-electron chi connectivity index (χ2n) is 6.98. The highest BCUT2D eigenvalue weighted by molar-refractivity contribution is 7.99. The van der Waals surface area contributed by atoms with Crippen molar-refractivity contribution in [2.75, 3.05) is 5.75 Å². The van der Waals surface area contributed by atoms with E-state index in [0.29, 0.717) is 16.5 Å². The van der Waals surface area contributed by atoms with Crippen LogP contribution in [-0.4, -0.2) is 32.6 Å². The van der Waals surface area contributed by atoms with Gasteiger partial charge in [-0.25, -0.2) is 9.82 Å². The Morgan fingerprint density at radius 3 is 2.59 bits per heavy atom. The number of aromatic nitrogens is 3. The van der Waals surface area contributed by atoms with Crippen LogP contribution in [0.2, 0.25) is 0 Å². The van der Waals surface area contributed by atoms with E-state index in [9.17, 15) is 9.18 Å². The number of benzene rings is 3. The van der Waals surface area contributed by atoms with E-state index in [1.807, 2.05) is 66.1 Å². The minimum absolute atomic E-state index is 0.0965. The van der Waals surface area contributed by atoms with E-state index in [1.54, 1.807) is 12.1 Å². The molecule has 6 nitrogen and oxygen atoms in total. The van der Waals surface area contributed by atoms with Crippen molar-refractivity contribution in [2.45, 2.75) is 12.1 Å². The summed E-state index contributed by atoms with van der Waals surface area (Å²) in [5.74, 6) is 0.128. The van der Waals surface area contributed by atoms with E-state index in [0.717, 1.165) is 16.8 Å². The zero-order valence-corrected chi connectivity index (χ0v) is 18.1.